The van der Waals surface area contributed by atoms with Crippen molar-refractivity contribution in [1.29, 1.82) is 0 Å². The van der Waals surface area contributed by atoms with Gasteiger partial charge >= 0.3 is 6.18 Å². The number of anilines is 1. The first-order valence-corrected chi connectivity index (χ1v) is 12.2. The zero-order valence-corrected chi connectivity index (χ0v) is 20.6. The van der Waals surface area contributed by atoms with E-state index in [0.717, 1.165) is 0 Å². The van der Waals surface area contributed by atoms with Gasteiger partial charge in [0.15, 0.2) is 0 Å². The maximum atomic E-state index is 14.9. The van der Waals surface area contributed by atoms with E-state index in [1.807, 2.05) is 11.9 Å². The van der Waals surface area contributed by atoms with Gasteiger partial charge in [-0.3, -0.25) is 4.79 Å². The van der Waals surface area contributed by atoms with Crippen molar-refractivity contribution in [2.75, 3.05) is 45.3 Å². The number of rotatable bonds is 5. The molecule has 0 saturated carbocycles. The highest BCUT2D eigenvalue weighted by molar-refractivity contribution is 5.92. The van der Waals surface area contributed by atoms with E-state index in [1.54, 1.807) is 11.8 Å². The summed E-state index contributed by atoms with van der Waals surface area (Å²) in [5.41, 5.74) is -2.04. The van der Waals surface area contributed by atoms with E-state index >= 15 is 0 Å². The molecule has 0 bridgehead atoms. The standard InChI is InChI=1S/C25H29F4N5O3/c1-15(16-4-3-5-18(19(16)26)25(27,28)29)32-21-17-10-34(23(13-35)6-8-37-9-7-23)22(36)24(11-33(2)12-24)20(17)30-14-31-21/h3-5,14-15,35H,6-13H2,1-2H3,(H,30,31,32)/t15-/m1/s1. The molecule has 1 aromatic heterocycles. The molecule has 12 heteroatoms. The quantitative estimate of drug-likeness (QED) is 0.583. The van der Waals surface area contributed by atoms with Gasteiger partial charge in [0.1, 0.15) is 23.4 Å². The van der Waals surface area contributed by atoms with E-state index in [4.69, 9.17) is 4.74 Å². The first-order valence-electron chi connectivity index (χ1n) is 12.2. The number of likely N-dealkylation sites (N-methyl/N-ethyl adjacent to an activating group) is 1. The molecule has 0 aliphatic carbocycles. The summed E-state index contributed by atoms with van der Waals surface area (Å²) < 4.78 is 60.2. The molecular weight excluding hydrogens is 494 g/mol. The summed E-state index contributed by atoms with van der Waals surface area (Å²) in [6.07, 6.45) is -2.56. The highest BCUT2D eigenvalue weighted by Crippen LogP contribution is 2.46. The Morgan fingerprint density at radius 2 is 1.92 bits per heavy atom. The predicted molar refractivity (Wildman–Crippen MR) is 125 cm³/mol. The van der Waals surface area contributed by atoms with Gasteiger partial charge in [-0.15, -0.1) is 0 Å². The molecule has 2 saturated heterocycles. The van der Waals surface area contributed by atoms with Crippen LogP contribution in [-0.4, -0.2) is 76.3 Å². The maximum absolute atomic E-state index is 14.9. The Labute approximate surface area is 211 Å². The maximum Gasteiger partial charge on any atom is 0.419 e. The number of aliphatic hydroxyl groups is 1. The normalized spacial score (nSPS) is 21.9. The number of benzene rings is 1. The van der Waals surface area contributed by atoms with Crippen LogP contribution < -0.4 is 5.32 Å². The molecule has 1 amide bonds. The van der Waals surface area contributed by atoms with Crippen molar-refractivity contribution in [2.24, 2.45) is 0 Å². The molecule has 5 rings (SSSR count). The van der Waals surface area contributed by atoms with E-state index in [-0.39, 0.29) is 24.6 Å². The Kier molecular flexibility index (Phi) is 6.40. The predicted octanol–water partition coefficient (Wildman–Crippen LogP) is 2.87. The average molecular weight is 524 g/mol. The number of alkyl halides is 3. The van der Waals surface area contributed by atoms with Crippen LogP contribution in [0.15, 0.2) is 24.5 Å². The molecule has 8 nitrogen and oxygen atoms in total. The lowest BCUT2D eigenvalue weighted by Gasteiger charge is -2.56. The molecule has 3 aliphatic rings. The Morgan fingerprint density at radius 3 is 2.54 bits per heavy atom. The van der Waals surface area contributed by atoms with E-state index < -0.39 is 34.6 Å². The summed E-state index contributed by atoms with van der Waals surface area (Å²) in [7, 11) is 1.90. The Balaban J connectivity index is 1.54. The molecule has 1 spiro atoms. The molecule has 1 atom stereocenters. The van der Waals surface area contributed by atoms with Gasteiger partial charge in [-0.1, -0.05) is 12.1 Å². The third-order valence-electron chi connectivity index (χ3n) is 7.89. The third kappa shape index (κ3) is 4.15. The van der Waals surface area contributed by atoms with E-state index in [9.17, 15) is 27.5 Å². The minimum Gasteiger partial charge on any atom is -0.394 e. The fraction of sp³-hybridized carbons (Fsp3) is 0.560. The third-order valence-corrected chi connectivity index (χ3v) is 7.89. The lowest BCUT2D eigenvalue weighted by atomic mass is 9.70. The number of fused-ring (bicyclic) bond motifs is 2. The number of halogens is 4. The molecule has 4 heterocycles. The van der Waals surface area contributed by atoms with Crippen molar-refractivity contribution in [3.63, 3.8) is 0 Å². The van der Waals surface area contributed by atoms with Gasteiger partial charge in [0.25, 0.3) is 0 Å². The van der Waals surface area contributed by atoms with Gasteiger partial charge in [-0.2, -0.15) is 13.2 Å². The summed E-state index contributed by atoms with van der Waals surface area (Å²) in [5.74, 6) is -1.13. The fourth-order valence-corrected chi connectivity index (χ4v) is 5.88. The summed E-state index contributed by atoms with van der Waals surface area (Å²) in [4.78, 5) is 26.5. The minimum absolute atomic E-state index is 0.112. The van der Waals surface area contributed by atoms with Crippen molar-refractivity contribution in [1.82, 2.24) is 19.8 Å². The number of nitrogens with one attached hydrogen (secondary N) is 1. The van der Waals surface area contributed by atoms with Crippen LogP contribution in [0.3, 0.4) is 0 Å². The van der Waals surface area contributed by atoms with Gasteiger partial charge < -0.3 is 25.0 Å². The summed E-state index contributed by atoms with van der Waals surface area (Å²) in [6, 6.07) is 2.32. The summed E-state index contributed by atoms with van der Waals surface area (Å²) in [6.45, 7) is 3.12. The zero-order valence-electron chi connectivity index (χ0n) is 20.6. The fourth-order valence-electron chi connectivity index (χ4n) is 5.88. The summed E-state index contributed by atoms with van der Waals surface area (Å²) >= 11 is 0. The van der Waals surface area contributed by atoms with Gasteiger partial charge in [-0.05, 0) is 32.9 Å². The highest BCUT2D eigenvalue weighted by Gasteiger charge is 2.59. The number of aliphatic hydroxyl groups excluding tert-OH is 1. The molecule has 2 N–H and O–H groups in total. The zero-order chi connectivity index (χ0) is 26.6. The van der Waals surface area contributed by atoms with Crippen molar-refractivity contribution in [3.8, 4) is 0 Å². The number of aromatic nitrogens is 2. The van der Waals surface area contributed by atoms with Gasteiger partial charge in [0.2, 0.25) is 5.91 Å². The number of amides is 1. The van der Waals surface area contributed by atoms with Crippen LogP contribution in [0.5, 0.6) is 0 Å². The first-order chi connectivity index (χ1) is 17.5. The van der Waals surface area contributed by atoms with Gasteiger partial charge in [0.05, 0.1) is 36.0 Å². The van der Waals surface area contributed by atoms with Crippen LogP contribution in [0.2, 0.25) is 0 Å². The van der Waals surface area contributed by atoms with E-state index in [0.29, 0.717) is 62.3 Å². The molecule has 3 aliphatic heterocycles. The molecule has 2 aromatic rings. The highest BCUT2D eigenvalue weighted by atomic mass is 19.4. The van der Waals surface area contributed by atoms with Crippen LogP contribution >= 0.6 is 0 Å². The number of likely N-dealkylation sites (tertiary alicyclic amines) is 1. The Morgan fingerprint density at radius 1 is 1.22 bits per heavy atom. The second-order valence-electron chi connectivity index (χ2n) is 10.3. The van der Waals surface area contributed by atoms with Crippen molar-refractivity contribution < 1.29 is 32.2 Å². The SMILES string of the molecule is C[C@@H](Nc1ncnc2c1CN(C1(CO)CCOCC1)C(=O)C21CN(C)C1)c1cccc(C(F)(F)F)c1F. The molecule has 0 unspecified atom stereocenters. The number of hydrogen-bond acceptors (Lipinski definition) is 7. The van der Waals surface area contributed by atoms with Crippen LogP contribution in [0.1, 0.15) is 48.2 Å². The Bertz CT molecular complexity index is 1200. The largest absolute Gasteiger partial charge is 0.419 e. The first kappa shape index (κ1) is 25.8. The second-order valence-corrected chi connectivity index (χ2v) is 10.3. The Hall–Kier alpha value is -2.83. The second kappa shape index (κ2) is 9.17. The van der Waals surface area contributed by atoms with Gasteiger partial charge in [-0.25, -0.2) is 14.4 Å². The van der Waals surface area contributed by atoms with Crippen LogP contribution in [0.25, 0.3) is 0 Å². The number of nitrogens with zero attached hydrogens (tertiary/aromatic N) is 4. The number of carbonyl (C=O) groups is 1. The van der Waals surface area contributed by atoms with Crippen molar-refractivity contribution in [3.05, 3.63) is 52.7 Å². The lowest BCUT2D eigenvalue weighted by molar-refractivity contribution is -0.162. The number of ether oxygens (including phenoxy) is 1. The van der Waals surface area contributed by atoms with Crippen molar-refractivity contribution in [2.45, 2.75) is 49.5 Å². The smallest absolute Gasteiger partial charge is 0.394 e. The lowest BCUT2D eigenvalue weighted by Crippen LogP contribution is -2.72. The summed E-state index contributed by atoms with van der Waals surface area (Å²) in [5, 5.41) is 13.5. The molecule has 200 valence electrons. The van der Waals surface area contributed by atoms with E-state index in [2.05, 4.69) is 15.3 Å². The topological polar surface area (TPSA) is 90.8 Å². The van der Waals surface area contributed by atoms with E-state index in [1.165, 1.54) is 18.5 Å². The van der Waals surface area contributed by atoms with Crippen LogP contribution in [0, 0.1) is 5.82 Å². The monoisotopic (exact) mass is 523 g/mol. The molecule has 2 fully saturated rings. The van der Waals surface area contributed by atoms with Gasteiger partial charge in [0, 0.05) is 37.4 Å². The number of carbonyl (C=O) groups excluding carboxylic acids is 1. The molecule has 37 heavy (non-hydrogen) atoms. The molecule has 0 radical (unpaired) electrons. The van der Waals surface area contributed by atoms with Crippen molar-refractivity contribution >= 4 is 11.7 Å². The number of hydrogen-bond donors (Lipinski definition) is 2. The van der Waals surface area contributed by atoms with Crippen LogP contribution in [0.4, 0.5) is 23.4 Å². The average Bonchev–Trinajstić information content (AvgIpc) is 2.84. The van der Waals surface area contributed by atoms with Crippen LogP contribution in [-0.2, 0) is 27.7 Å². The minimum atomic E-state index is -4.82. The molecular formula is C25H29F4N5O3. The molecule has 1 aromatic carbocycles.